The highest BCUT2D eigenvalue weighted by Crippen LogP contribution is 2.25. The fraction of sp³-hybridized carbons (Fsp3) is 0.200. The first-order valence-corrected chi connectivity index (χ1v) is 6.25. The molecule has 0 amide bonds. The van der Waals surface area contributed by atoms with Gasteiger partial charge in [-0.1, -0.05) is 23.7 Å². The van der Waals surface area contributed by atoms with Crippen LogP contribution in [-0.2, 0) is 0 Å². The van der Waals surface area contributed by atoms with E-state index < -0.39 is 0 Å². The van der Waals surface area contributed by atoms with Crippen molar-refractivity contribution in [2.75, 3.05) is 5.32 Å². The summed E-state index contributed by atoms with van der Waals surface area (Å²) in [5.74, 6) is 0.289. The first-order chi connectivity index (χ1) is 8.56. The van der Waals surface area contributed by atoms with E-state index in [1.807, 2.05) is 37.3 Å². The Kier molecular flexibility index (Phi) is 3.78. The molecule has 94 valence electrons. The number of rotatable bonds is 3. The molecule has 2 nitrogen and oxygen atoms in total. The number of halogens is 1. The molecule has 0 saturated heterocycles. The van der Waals surface area contributed by atoms with Crippen LogP contribution in [-0.4, -0.2) is 5.11 Å². The first-order valence-electron chi connectivity index (χ1n) is 5.88. The summed E-state index contributed by atoms with van der Waals surface area (Å²) in [4.78, 5) is 0. The van der Waals surface area contributed by atoms with Gasteiger partial charge in [-0.05, 0) is 55.3 Å². The molecule has 0 aromatic heterocycles. The number of anilines is 1. The van der Waals surface area contributed by atoms with E-state index in [4.69, 9.17) is 11.6 Å². The summed E-state index contributed by atoms with van der Waals surface area (Å²) in [6, 6.07) is 13.3. The largest absolute Gasteiger partial charge is 0.508 e. The second-order valence-electron chi connectivity index (χ2n) is 4.42. The summed E-state index contributed by atoms with van der Waals surface area (Å²) >= 11 is 5.87. The van der Waals surface area contributed by atoms with Gasteiger partial charge in [0.15, 0.2) is 0 Å². The Morgan fingerprint density at radius 2 is 1.78 bits per heavy atom. The van der Waals surface area contributed by atoms with Gasteiger partial charge in [-0.15, -0.1) is 0 Å². The lowest BCUT2D eigenvalue weighted by atomic mass is 10.1. The molecule has 0 bridgehead atoms. The predicted octanol–water partition coefficient (Wildman–Crippen LogP) is 4.53. The van der Waals surface area contributed by atoms with E-state index in [0.29, 0.717) is 0 Å². The van der Waals surface area contributed by atoms with Gasteiger partial charge >= 0.3 is 0 Å². The summed E-state index contributed by atoms with van der Waals surface area (Å²) in [5.41, 5.74) is 3.22. The van der Waals surface area contributed by atoms with E-state index >= 15 is 0 Å². The van der Waals surface area contributed by atoms with Gasteiger partial charge in [0, 0.05) is 16.8 Å². The van der Waals surface area contributed by atoms with E-state index in [2.05, 4.69) is 12.2 Å². The van der Waals surface area contributed by atoms with Crippen molar-refractivity contribution in [2.45, 2.75) is 19.9 Å². The molecule has 2 aromatic rings. The van der Waals surface area contributed by atoms with Crippen LogP contribution in [0.2, 0.25) is 5.02 Å². The quantitative estimate of drug-likeness (QED) is 0.796. The Labute approximate surface area is 112 Å². The van der Waals surface area contributed by atoms with Gasteiger partial charge in [-0.25, -0.2) is 0 Å². The van der Waals surface area contributed by atoms with Crippen LogP contribution in [0, 0.1) is 6.92 Å². The Hall–Kier alpha value is -1.67. The number of phenols is 1. The predicted molar refractivity (Wildman–Crippen MR) is 76.3 cm³/mol. The Morgan fingerprint density at radius 1 is 1.11 bits per heavy atom. The highest BCUT2D eigenvalue weighted by molar-refractivity contribution is 6.30. The molecule has 1 atom stereocenters. The first kappa shape index (κ1) is 12.8. The van der Waals surface area contributed by atoms with Crippen LogP contribution in [0.1, 0.15) is 24.1 Å². The summed E-state index contributed by atoms with van der Waals surface area (Å²) < 4.78 is 0. The SMILES string of the molecule is Cc1cc(O)ccc1NC(C)c1ccc(Cl)cc1. The highest BCUT2D eigenvalue weighted by Gasteiger charge is 2.07. The van der Waals surface area contributed by atoms with Crippen LogP contribution in [0.4, 0.5) is 5.69 Å². The van der Waals surface area contributed by atoms with Crippen molar-refractivity contribution in [2.24, 2.45) is 0 Å². The van der Waals surface area contributed by atoms with Gasteiger partial charge in [0.25, 0.3) is 0 Å². The minimum absolute atomic E-state index is 0.186. The standard InChI is InChI=1S/C15H16ClNO/c1-10-9-14(18)7-8-15(10)17-11(2)12-3-5-13(16)6-4-12/h3-9,11,17-18H,1-2H3. The molecule has 2 rings (SSSR count). The van der Waals surface area contributed by atoms with E-state index in [1.54, 1.807) is 12.1 Å². The molecule has 0 saturated carbocycles. The molecule has 0 radical (unpaired) electrons. The third-order valence-electron chi connectivity index (χ3n) is 2.95. The van der Waals surface area contributed by atoms with Crippen LogP contribution in [0.15, 0.2) is 42.5 Å². The van der Waals surface area contributed by atoms with Crippen LogP contribution in [0.3, 0.4) is 0 Å². The molecule has 1 unspecified atom stereocenters. The van der Waals surface area contributed by atoms with E-state index in [1.165, 1.54) is 5.56 Å². The maximum absolute atomic E-state index is 9.38. The monoisotopic (exact) mass is 261 g/mol. The zero-order valence-corrected chi connectivity index (χ0v) is 11.2. The second kappa shape index (κ2) is 5.32. The van der Waals surface area contributed by atoms with Crippen molar-refractivity contribution in [3.8, 4) is 5.75 Å². The van der Waals surface area contributed by atoms with Crippen molar-refractivity contribution in [1.29, 1.82) is 0 Å². The zero-order valence-electron chi connectivity index (χ0n) is 10.4. The van der Waals surface area contributed by atoms with Crippen molar-refractivity contribution >= 4 is 17.3 Å². The van der Waals surface area contributed by atoms with Crippen LogP contribution < -0.4 is 5.32 Å². The number of hydrogen-bond donors (Lipinski definition) is 2. The average Bonchev–Trinajstić information content (AvgIpc) is 2.33. The Balaban J connectivity index is 2.15. The van der Waals surface area contributed by atoms with Gasteiger partial charge in [0.2, 0.25) is 0 Å². The number of benzene rings is 2. The molecule has 0 aliphatic heterocycles. The van der Waals surface area contributed by atoms with E-state index in [-0.39, 0.29) is 11.8 Å². The summed E-state index contributed by atoms with van der Waals surface area (Å²) in [7, 11) is 0. The third kappa shape index (κ3) is 2.96. The Bertz CT molecular complexity index is 537. The molecule has 0 spiro atoms. The summed E-state index contributed by atoms with van der Waals surface area (Å²) in [6.45, 7) is 4.06. The van der Waals surface area contributed by atoms with Crippen molar-refractivity contribution < 1.29 is 5.11 Å². The van der Waals surface area contributed by atoms with Gasteiger partial charge in [-0.2, -0.15) is 0 Å². The minimum atomic E-state index is 0.186. The smallest absolute Gasteiger partial charge is 0.115 e. The van der Waals surface area contributed by atoms with Gasteiger partial charge < -0.3 is 10.4 Å². The topological polar surface area (TPSA) is 32.3 Å². The number of nitrogens with one attached hydrogen (secondary N) is 1. The number of phenolic OH excluding ortho intramolecular Hbond substituents is 1. The van der Waals surface area contributed by atoms with Crippen molar-refractivity contribution in [3.63, 3.8) is 0 Å². The van der Waals surface area contributed by atoms with E-state index in [9.17, 15) is 5.11 Å². The molecule has 0 aliphatic rings. The summed E-state index contributed by atoms with van der Waals surface area (Å²) in [6.07, 6.45) is 0. The van der Waals surface area contributed by atoms with Crippen LogP contribution in [0.5, 0.6) is 5.75 Å². The lowest BCUT2D eigenvalue weighted by Crippen LogP contribution is -2.07. The molecule has 3 heteroatoms. The fourth-order valence-electron chi connectivity index (χ4n) is 1.88. The summed E-state index contributed by atoms with van der Waals surface area (Å²) in [5, 5.41) is 13.5. The lowest BCUT2D eigenvalue weighted by molar-refractivity contribution is 0.475. The number of hydrogen-bond acceptors (Lipinski definition) is 2. The lowest BCUT2D eigenvalue weighted by Gasteiger charge is -2.17. The van der Waals surface area contributed by atoms with Crippen LogP contribution >= 0.6 is 11.6 Å². The molecule has 18 heavy (non-hydrogen) atoms. The van der Waals surface area contributed by atoms with Crippen molar-refractivity contribution in [1.82, 2.24) is 0 Å². The molecule has 2 N–H and O–H groups in total. The zero-order chi connectivity index (χ0) is 13.1. The normalized spacial score (nSPS) is 12.2. The highest BCUT2D eigenvalue weighted by atomic mass is 35.5. The average molecular weight is 262 g/mol. The number of aromatic hydroxyl groups is 1. The second-order valence-corrected chi connectivity index (χ2v) is 4.85. The van der Waals surface area contributed by atoms with Gasteiger partial charge in [0.1, 0.15) is 5.75 Å². The van der Waals surface area contributed by atoms with Crippen LogP contribution in [0.25, 0.3) is 0 Å². The Morgan fingerprint density at radius 3 is 2.39 bits per heavy atom. The molecule has 2 aromatic carbocycles. The van der Waals surface area contributed by atoms with Gasteiger partial charge in [0.05, 0.1) is 0 Å². The van der Waals surface area contributed by atoms with Crippen molar-refractivity contribution in [3.05, 3.63) is 58.6 Å². The van der Waals surface area contributed by atoms with E-state index in [0.717, 1.165) is 16.3 Å². The molecular weight excluding hydrogens is 246 g/mol. The maximum atomic E-state index is 9.38. The minimum Gasteiger partial charge on any atom is -0.508 e. The van der Waals surface area contributed by atoms with Gasteiger partial charge in [-0.3, -0.25) is 0 Å². The molecule has 0 fully saturated rings. The maximum Gasteiger partial charge on any atom is 0.115 e. The number of aryl methyl sites for hydroxylation is 1. The molecule has 0 heterocycles. The fourth-order valence-corrected chi connectivity index (χ4v) is 2.00. The third-order valence-corrected chi connectivity index (χ3v) is 3.20. The molecular formula is C15H16ClNO. The molecule has 0 aliphatic carbocycles.